The minimum atomic E-state index is -0.527. The molecular formula is C19H20N2O4. The van der Waals surface area contributed by atoms with Gasteiger partial charge in [0.05, 0.1) is 24.5 Å². The van der Waals surface area contributed by atoms with E-state index in [0.717, 1.165) is 5.69 Å². The molecule has 0 aromatic heterocycles. The lowest BCUT2D eigenvalue weighted by atomic mass is 10.1. The quantitative estimate of drug-likeness (QED) is 0.847. The molecule has 1 fully saturated rings. The summed E-state index contributed by atoms with van der Waals surface area (Å²) in [7, 11) is 0. The SMILES string of the molecule is O=C(OCC(=O)N1CCOCC1)c1ccccc1Nc1ccccc1. The van der Waals surface area contributed by atoms with E-state index < -0.39 is 5.97 Å². The molecule has 0 unspecified atom stereocenters. The fourth-order valence-electron chi connectivity index (χ4n) is 2.56. The first-order valence-corrected chi connectivity index (χ1v) is 8.18. The van der Waals surface area contributed by atoms with Crippen LogP contribution < -0.4 is 5.32 Å². The zero-order chi connectivity index (χ0) is 17.5. The van der Waals surface area contributed by atoms with Crippen LogP contribution in [0.25, 0.3) is 0 Å². The highest BCUT2D eigenvalue weighted by molar-refractivity contribution is 5.97. The Morgan fingerprint density at radius 1 is 1.00 bits per heavy atom. The number of nitrogens with zero attached hydrogens (tertiary/aromatic N) is 1. The highest BCUT2D eigenvalue weighted by Gasteiger charge is 2.19. The molecule has 25 heavy (non-hydrogen) atoms. The van der Waals surface area contributed by atoms with Crippen LogP contribution in [0.15, 0.2) is 54.6 Å². The third kappa shape index (κ3) is 4.58. The summed E-state index contributed by atoms with van der Waals surface area (Å²) in [5.41, 5.74) is 1.89. The van der Waals surface area contributed by atoms with E-state index in [0.29, 0.717) is 37.6 Å². The lowest BCUT2D eigenvalue weighted by Crippen LogP contribution is -2.42. The van der Waals surface area contributed by atoms with Gasteiger partial charge in [-0.15, -0.1) is 0 Å². The summed E-state index contributed by atoms with van der Waals surface area (Å²) in [6.45, 7) is 1.83. The van der Waals surface area contributed by atoms with Gasteiger partial charge in [-0.3, -0.25) is 4.79 Å². The van der Waals surface area contributed by atoms with Crippen molar-refractivity contribution in [2.24, 2.45) is 0 Å². The molecule has 130 valence electrons. The van der Waals surface area contributed by atoms with Crippen molar-refractivity contribution in [1.82, 2.24) is 4.90 Å². The van der Waals surface area contributed by atoms with E-state index in [1.54, 1.807) is 23.1 Å². The molecule has 1 amide bonds. The molecule has 1 saturated heterocycles. The highest BCUT2D eigenvalue weighted by Crippen LogP contribution is 2.21. The van der Waals surface area contributed by atoms with E-state index in [2.05, 4.69) is 5.32 Å². The monoisotopic (exact) mass is 340 g/mol. The number of hydrogen-bond acceptors (Lipinski definition) is 5. The smallest absolute Gasteiger partial charge is 0.340 e. The lowest BCUT2D eigenvalue weighted by molar-refractivity contribution is -0.138. The molecule has 0 radical (unpaired) electrons. The van der Waals surface area contributed by atoms with Crippen molar-refractivity contribution in [2.45, 2.75) is 0 Å². The molecule has 0 aliphatic carbocycles. The number of morpholine rings is 1. The molecule has 2 aromatic carbocycles. The predicted molar refractivity (Wildman–Crippen MR) is 93.8 cm³/mol. The number of rotatable bonds is 5. The van der Waals surface area contributed by atoms with Crippen LogP contribution in [0, 0.1) is 0 Å². The summed E-state index contributed by atoms with van der Waals surface area (Å²) in [5, 5.41) is 3.19. The summed E-state index contributed by atoms with van der Waals surface area (Å²) < 4.78 is 10.4. The minimum Gasteiger partial charge on any atom is -0.452 e. The molecule has 0 saturated carbocycles. The van der Waals surface area contributed by atoms with E-state index in [9.17, 15) is 9.59 Å². The zero-order valence-corrected chi connectivity index (χ0v) is 13.8. The Bertz CT molecular complexity index is 727. The maximum absolute atomic E-state index is 12.4. The van der Waals surface area contributed by atoms with E-state index in [-0.39, 0.29) is 12.5 Å². The standard InChI is InChI=1S/C19H20N2O4/c22-18(21-10-12-24-13-11-21)14-25-19(23)16-8-4-5-9-17(16)20-15-6-2-1-3-7-15/h1-9,20H,10-14H2. The zero-order valence-electron chi connectivity index (χ0n) is 13.8. The molecule has 1 N–H and O–H groups in total. The Morgan fingerprint density at radius 2 is 1.68 bits per heavy atom. The Balaban J connectivity index is 1.63. The molecule has 1 aliphatic rings. The molecule has 0 spiro atoms. The van der Waals surface area contributed by atoms with Gasteiger partial charge in [-0.25, -0.2) is 4.79 Å². The van der Waals surface area contributed by atoms with Crippen LogP contribution in [0.1, 0.15) is 10.4 Å². The second-order valence-corrected chi connectivity index (χ2v) is 5.61. The molecule has 0 atom stereocenters. The Kier molecular flexibility index (Phi) is 5.64. The Morgan fingerprint density at radius 3 is 2.44 bits per heavy atom. The molecule has 3 rings (SSSR count). The van der Waals surface area contributed by atoms with Gasteiger partial charge in [0.2, 0.25) is 0 Å². The van der Waals surface area contributed by atoms with Crippen LogP contribution >= 0.6 is 0 Å². The van der Waals surface area contributed by atoms with Crippen molar-refractivity contribution in [2.75, 3.05) is 38.2 Å². The number of nitrogens with one attached hydrogen (secondary N) is 1. The average molecular weight is 340 g/mol. The van der Waals surface area contributed by atoms with Crippen molar-refractivity contribution in [3.63, 3.8) is 0 Å². The van der Waals surface area contributed by atoms with Gasteiger partial charge in [0.1, 0.15) is 0 Å². The summed E-state index contributed by atoms with van der Waals surface area (Å²) in [4.78, 5) is 26.1. The number of anilines is 2. The highest BCUT2D eigenvalue weighted by atomic mass is 16.5. The van der Waals surface area contributed by atoms with Crippen molar-refractivity contribution < 1.29 is 19.1 Å². The molecule has 1 aliphatic heterocycles. The van der Waals surface area contributed by atoms with E-state index in [4.69, 9.17) is 9.47 Å². The molecule has 1 heterocycles. The van der Waals surface area contributed by atoms with Crippen LogP contribution in [-0.4, -0.2) is 49.7 Å². The van der Waals surface area contributed by atoms with Crippen molar-refractivity contribution >= 4 is 23.3 Å². The summed E-state index contributed by atoms with van der Waals surface area (Å²) in [6.07, 6.45) is 0. The first kappa shape index (κ1) is 17.0. The second kappa shape index (κ2) is 8.30. The number of hydrogen-bond donors (Lipinski definition) is 1. The van der Waals surface area contributed by atoms with Crippen molar-refractivity contribution in [1.29, 1.82) is 0 Å². The third-order valence-electron chi connectivity index (χ3n) is 3.89. The summed E-state index contributed by atoms with van der Waals surface area (Å²) >= 11 is 0. The normalized spacial score (nSPS) is 14.0. The number of carbonyl (C=O) groups excluding carboxylic acids is 2. The van der Waals surface area contributed by atoms with Crippen LogP contribution in [0.5, 0.6) is 0 Å². The number of benzene rings is 2. The van der Waals surface area contributed by atoms with Crippen molar-refractivity contribution in [3.8, 4) is 0 Å². The van der Waals surface area contributed by atoms with Gasteiger partial charge in [0.15, 0.2) is 6.61 Å². The fourth-order valence-corrected chi connectivity index (χ4v) is 2.56. The molecule has 0 bridgehead atoms. The summed E-state index contributed by atoms with van der Waals surface area (Å²) in [5.74, 6) is -0.731. The molecule has 6 nitrogen and oxygen atoms in total. The minimum absolute atomic E-state index is 0.204. The number of amides is 1. The maximum atomic E-state index is 12.4. The number of para-hydroxylation sites is 2. The van der Waals surface area contributed by atoms with Crippen molar-refractivity contribution in [3.05, 3.63) is 60.2 Å². The van der Waals surface area contributed by atoms with Crippen LogP contribution in [0.3, 0.4) is 0 Å². The molecule has 6 heteroatoms. The fraction of sp³-hybridized carbons (Fsp3) is 0.263. The summed E-state index contributed by atoms with van der Waals surface area (Å²) in [6, 6.07) is 16.6. The van der Waals surface area contributed by atoms with E-state index in [1.807, 2.05) is 36.4 Å². The van der Waals surface area contributed by atoms with E-state index in [1.165, 1.54) is 0 Å². The third-order valence-corrected chi connectivity index (χ3v) is 3.89. The lowest BCUT2D eigenvalue weighted by Gasteiger charge is -2.26. The van der Waals surface area contributed by atoms with Crippen LogP contribution in [0.4, 0.5) is 11.4 Å². The average Bonchev–Trinajstić information content (AvgIpc) is 2.68. The second-order valence-electron chi connectivity index (χ2n) is 5.61. The topological polar surface area (TPSA) is 67.9 Å². The van der Waals surface area contributed by atoms with E-state index >= 15 is 0 Å². The number of esters is 1. The molecular weight excluding hydrogens is 320 g/mol. The molecule has 2 aromatic rings. The van der Waals surface area contributed by atoms with Crippen LogP contribution in [0.2, 0.25) is 0 Å². The number of carbonyl (C=O) groups is 2. The predicted octanol–water partition coefficient (Wildman–Crippen LogP) is 2.45. The van der Waals surface area contributed by atoms with Gasteiger partial charge in [-0.1, -0.05) is 30.3 Å². The maximum Gasteiger partial charge on any atom is 0.340 e. The van der Waals surface area contributed by atoms with Gasteiger partial charge >= 0.3 is 5.97 Å². The Labute approximate surface area is 146 Å². The first-order valence-electron chi connectivity index (χ1n) is 8.18. The first-order chi connectivity index (χ1) is 12.2. The largest absolute Gasteiger partial charge is 0.452 e. The van der Waals surface area contributed by atoms with Gasteiger partial charge < -0.3 is 19.7 Å². The number of ether oxygens (including phenoxy) is 2. The van der Waals surface area contributed by atoms with Crippen LogP contribution in [-0.2, 0) is 14.3 Å². The van der Waals surface area contributed by atoms with Gasteiger partial charge in [0.25, 0.3) is 5.91 Å². The van der Waals surface area contributed by atoms with Gasteiger partial charge in [-0.05, 0) is 24.3 Å². The Hall–Kier alpha value is -2.86. The van der Waals surface area contributed by atoms with Gasteiger partial charge in [0, 0.05) is 18.8 Å². The van der Waals surface area contributed by atoms with Gasteiger partial charge in [-0.2, -0.15) is 0 Å².